The number of hydrogen-bond acceptors (Lipinski definition) is 6. The van der Waals surface area contributed by atoms with E-state index in [4.69, 9.17) is 14.2 Å². The summed E-state index contributed by atoms with van der Waals surface area (Å²) in [6.45, 7) is 6.58. The molecule has 0 rings (SSSR count). The fraction of sp³-hybridized carbons (Fsp3) is 0.831. The minimum Gasteiger partial charge on any atom is -0.462 e. The number of carbonyl (C=O) groups excluding carboxylic acids is 3. The van der Waals surface area contributed by atoms with Crippen LogP contribution in [0.25, 0.3) is 0 Å². The molecule has 0 radical (unpaired) electrons. The highest BCUT2D eigenvalue weighted by molar-refractivity contribution is 5.71. The normalized spacial score (nSPS) is 12.4. The molecule has 0 N–H and O–H groups in total. The van der Waals surface area contributed by atoms with Crippen molar-refractivity contribution in [1.82, 2.24) is 0 Å². The van der Waals surface area contributed by atoms with Gasteiger partial charge in [-0.05, 0) is 83.5 Å². The first-order valence-electron chi connectivity index (χ1n) is 36.8. The van der Waals surface area contributed by atoms with E-state index in [0.29, 0.717) is 19.3 Å². The largest absolute Gasteiger partial charge is 0.462 e. The second-order valence-corrected chi connectivity index (χ2v) is 24.8. The molecule has 0 aliphatic rings. The van der Waals surface area contributed by atoms with Crippen molar-refractivity contribution in [2.45, 2.75) is 399 Å². The lowest BCUT2D eigenvalue weighted by atomic mass is 10.0. The van der Waals surface area contributed by atoms with Gasteiger partial charge in [-0.25, -0.2) is 0 Å². The zero-order valence-electron chi connectivity index (χ0n) is 55.7. The van der Waals surface area contributed by atoms with Crippen LogP contribution in [0.2, 0.25) is 0 Å². The van der Waals surface area contributed by atoms with Crippen molar-refractivity contribution in [2.75, 3.05) is 13.2 Å². The van der Waals surface area contributed by atoms with Crippen molar-refractivity contribution in [3.63, 3.8) is 0 Å². The van der Waals surface area contributed by atoms with Gasteiger partial charge in [-0.2, -0.15) is 0 Å². The molecule has 0 aliphatic heterocycles. The van der Waals surface area contributed by atoms with Gasteiger partial charge in [-0.1, -0.05) is 351 Å². The third-order valence-electron chi connectivity index (χ3n) is 16.5. The molecule has 0 aromatic heterocycles. The molecule has 6 heteroatoms. The van der Waals surface area contributed by atoms with Crippen molar-refractivity contribution in [3.8, 4) is 0 Å². The molecule has 0 bridgehead atoms. The van der Waals surface area contributed by atoms with Gasteiger partial charge in [-0.3, -0.25) is 14.4 Å². The Morgan fingerprint density at radius 1 is 0.253 bits per heavy atom. The molecular weight excluding hydrogens is 1020 g/mol. The number of esters is 3. The number of unbranched alkanes of at least 4 members (excludes halogenated alkanes) is 47. The first-order chi connectivity index (χ1) is 41.0. The first-order valence-corrected chi connectivity index (χ1v) is 36.8. The molecule has 1 atom stereocenters. The molecule has 0 heterocycles. The highest BCUT2D eigenvalue weighted by Crippen LogP contribution is 2.19. The lowest BCUT2D eigenvalue weighted by molar-refractivity contribution is -0.167. The molecule has 0 fully saturated rings. The van der Waals surface area contributed by atoms with Gasteiger partial charge in [0.05, 0.1) is 0 Å². The number of carbonyl (C=O) groups is 3. The van der Waals surface area contributed by atoms with Crippen LogP contribution >= 0.6 is 0 Å². The predicted octanol–water partition coefficient (Wildman–Crippen LogP) is 25.5. The Balaban J connectivity index is 4.29. The van der Waals surface area contributed by atoms with E-state index in [-0.39, 0.29) is 31.1 Å². The molecule has 484 valence electrons. The quantitative estimate of drug-likeness (QED) is 0.0261. The van der Waals surface area contributed by atoms with Gasteiger partial charge in [0.1, 0.15) is 13.2 Å². The SMILES string of the molecule is CC/C=C\C/C=C\C/C=C\C/C=C\CCCCCCCCC(=O)OC(COC(=O)CCCCCCCCCCC/C=C\CCCCCCCC)COC(=O)CCCCCCCCCCCCCCCCCCCCCCCCCCCCC. The fourth-order valence-corrected chi connectivity index (χ4v) is 11.0. The summed E-state index contributed by atoms with van der Waals surface area (Å²) in [6, 6.07) is 0. The van der Waals surface area contributed by atoms with Crippen LogP contribution in [0.4, 0.5) is 0 Å². The lowest BCUT2D eigenvalue weighted by Gasteiger charge is -2.18. The molecule has 0 aromatic carbocycles. The van der Waals surface area contributed by atoms with Crippen molar-refractivity contribution in [2.24, 2.45) is 0 Å². The number of rotatable bonds is 68. The Kier molecular flexibility index (Phi) is 69.1. The summed E-state index contributed by atoms with van der Waals surface area (Å²) in [6.07, 6.45) is 92.6. The van der Waals surface area contributed by atoms with E-state index in [1.807, 2.05) is 0 Å². The molecule has 0 saturated carbocycles. The van der Waals surface area contributed by atoms with Crippen molar-refractivity contribution in [1.29, 1.82) is 0 Å². The number of allylic oxidation sites excluding steroid dienone is 10. The highest BCUT2D eigenvalue weighted by atomic mass is 16.6. The van der Waals surface area contributed by atoms with Gasteiger partial charge in [-0.15, -0.1) is 0 Å². The Morgan fingerprint density at radius 2 is 0.470 bits per heavy atom. The van der Waals surface area contributed by atoms with E-state index in [2.05, 4.69) is 81.5 Å². The first kappa shape index (κ1) is 80.1. The van der Waals surface area contributed by atoms with Gasteiger partial charge in [0.2, 0.25) is 0 Å². The van der Waals surface area contributed by atoms with Gasteiger partial charge in [0.25, 0.3) is 0 Å². The van der Waals surface area contributed by atoms with E-state index < -0.39 is 6.10 Å². The van der Waals surface area contributed by atoms with Gasteiger partial charge < -0.3 is 14.2 Å². The van der Waals surface area contributed by atoms with Crippen LogP contribution in [0.5, 0.6) is 0 Å². The molecule has 6 nitrogen and oxygen atoms in total. The minimum atomic E-state index is -0.784. The molecule has 0 amide bonds. The molecule has 0 spiro atoms. The summed E-state index contributed by atoms with van der Waals surface area (Å²) in [4.78, 5) is 38.5. The minimum absolute atomic E-state index is 0.0768. The third-order valence-corrected chi connectivity index (χ3v) is 16.5. The van der Waals surface area contributed by atoms with E-state index in [0.717, 1.165) is 96.3 Å². The zero-order chi connectivity index (χ0) is 59.9. The average molecular weight is 1160 g/mol. The monoisotopic (exact) mass is 1160 g/mol. The van der Waals surface area contributed by atoms with Crippen LogP contribution in [0, 0.1) is 0 Å². The highest BCUT2D eigenvalue weighted by Gasteiger charge is 2.19. The van der Waals surface area contributed by atoms with E-state index in [1.165, 1.54) is 257 Å². The van der Waals surface area contributed by atoms with Crippen molar-refractivity contribution >= 4 is 17.9 Å². The second-order valence-electron chi connectivity index (χ2n) is 24.8. The topological polar surface area (TPSA) is 78.9 Å². The van der Waals surface area contributed by atoms with Gasteiger partial charge in [0.15, 0.2) is 6.10 Å². The summed E-state index contributed by atoms with van der Waals surface area (Å²) in [5.41, 5.74) is 0. The number of ether oxygens (including phenoxy) is 3. The summed E-state index contributed by atoms with van der Waals surface area (Å²) < 4.78 is 17.0. The molecule has 0 aromatic rings. The van der Waals surface area contributed by atoms with Crippen LogP contribution in [0.1, 0.15) is 393 Å². The maximum Gasteiger partial charge on any atom is 0.306 e. The maximum absolute atomic E-state index is 13.0. The summed E-state index contributed by atoms with van der Waals surface area (Å²) in [5.74, 6) is -0.867. The second kappa shape index (κ2) is 71.6. The Labute approximate surface area is 517 Å². The van der Waals surface area contributed by atoms with Crippen LogP contribution in [0.15, 0.2) is 60.8 Å². The Bertz CT molecular complexity index is 1470. The summed E-state index contributed by atoms with van der Waals surface area (Å²) >= 11 is 0. The molecular formula is C77H140O6. The van der Waals surface area contributed by atoms with Crippen LogP contribution < -0.4 is 0 Å². The molecule has 1 unspecified atom stereocenters. The van der Waals surface area contributed by atoms with Crippen LogP contribution in [-0.2, 0) is 28.6 Å². The zero-order valence-corrected chi connectivity index (χ0v) is 55.7. The predicted molar refractivity (Wildman–Crippen MR) is 362 cm³/mol. The van der Waals surface area contributed by atoms with Crippen LogP contribution in [-0.4, -0.2) is 37.2 Å². The number of hydrogen-bond donors (Lipinski definition) is 0. The van der Waals surface area contributed by atoms with E-state index in [9.17, 15) is 14.4 Å². The smallest absolute Gasteiger partial charge is 0.306 e. The third kappa shape index (κ3) is 69.8. The fourth-order valence-electron chi connectivity index (χ4n) is 11.0. The molecule has 0 saturated heterocycles. The lowest BCUT2D eigenvalue weighted by Crippen LogP contribution is -2.30. The van der Waals surface area contributed by atoms with E-state index >= 15 is 0 Å². The molecule has 83 heavy (non-hydrogen) atoms. The van der Waals surface area contributed by atoms with Gasteiger partial charge in [0, 0.05) is 19.3 Å². The average Bonchev–Trinajstić information content (AvgIpc) is 3.50. The van der Waals surface area contributed by atoms with Gasteiger partial charge >= 0.3 is 17.9 Å². The standard InChI is InChI=1S/C77H140O6/c1-4-7-10-13-16-19-22-25-28-31-34-35-36-37-38-39-40-41-44-46-49-52-55-58-61-64-67-70-76(79)82-73-74(83-77(80)71-68-65-62-59-56-53-50-47-43-33-30-27-24-21-18-15-12-9-6-3)72-81-75(78)69-66-63-60-57-54-51-48-45-42-32-29-26-23-20-17-14-11-8-5-2/h9,12,18,21,26-27,29-30,43,47,74H,4-8,10-11,13-17,19-20,22-25,28,31-42,44-46,48-73H2,1-3H3/b12-9-,21-18-,29-26-,30-27-,47-43-. The van der Waals surface area contributed by atoms with Crippen LogP contribution in [0.3, 0.4) is 0 Å². The summed E-state index contributed by atoms with van der Waals surface area (Å²) in [7, 11) is 0. The van der Waals surface area contributed by atoms with Crippen molar-refractivity contribution in [3.05, 3.63) is 60.8 Å². The summed E-state index contributed by atoms with van der Waals surface area (Å²) in [5, 5.41) is 0. The van der Waals surface area contributed by atoms with Crippen molar-refractivity contribution < 1.29 is 28.6 Å². The maximum atomic E-state index is 13.0. The Morgan fingerprint density at radius 3 is 0.747 bits per heavy atom. The van der Waals surface area contributed by atoms with E-state index in [1.54, 1.807) is 0 Å². The Hall–Kier alpha value is -2.89. The molecule has 0 aliphatic carbocycles.